The fraction of sp³-hybridized carbons (Fsp3) is 0.263. The van der Waals surface area contributed by atoms with Gasteiger partial charge in [-0.2, -0.15) is 0 Å². The minimum absolute atomic E-state index is 0.230. The summed E-state index contributed by atoms with van der Waals surface area (Å²) in [4.78, 5) is 23.4. The number of benzene rings is 2. The highest BCUT2D eigenvalue weighted by molar-refractivity contribution is 6.30. The molecule has 0 saturated heterocycles. The van der Waals surface area contributed by atoms with Crippen LogP contribution in [0.25, 0.3) is 0 Å². The van der Waals surface area contributed by atoms with Crippen molar-refractivity contribution in [3.8, 4) is 5.75 Å². The van der Waals surface area contributed by atoms with Crippen LogP contribution in [0.15, 0.2) is 42.5 Å². The Morgan fingerprint density at radius 3 is 2.19 bits per heavy atom. The molecule has 2 rings (SSSR count). The van der Waals surface area contributed by atoms with E-state index in [1.807, 2.05) is 12.1 Å². The molecule has 0 aromatic heterocycles. The number of halogens is 1. The van der Waals surface area contributed by atoms with Crippen molar-refractivity contribution in [1.29, 1.82) is 0 Å². The Morgan fingerprint density at radius 1 is 0.926 bits per heavy atom. The number of hydrogen-bond acceptors (Lipinski definition) is 5. The SMILES string of the molecule is CCOC(=O)Nc1ccc(OCc2ccc(Cl)cc2)c(NC(=O)OCC)c1. The molecule has 0 fully saturated rings. The van der Waals surface area contributed by atoms with Crippen LogP contribution < -0.4 is 15.4 Å². The third-order valence-electron chi connectivity index (χ3n) is 3.32. The van der Waals surface area contributed by atoms with E-state index in [-0.39, 0.29) is 19.8 Å². The highest BCUT2D eigenvalue weighted by Crippen LogP contribution is 2.29. The number of carbonyl (C=O) groups excluding carboxylic acids is 2. The summed E-state index contributed by atoms with van der Waals surface area (Å²) in [5, 5.41) is 5.81. The zero-order valence-electron chi connectivity index (χ0n) is 15.1. The second-order valence-corrected chi connectivity index (χ2v) is 5.75. The molecule has 2 aromatic rings. The molecule has 0 aliphatic rings. The standard InChI is InChI=1S/C19H21ClN2O5/c1-3-25-18(23)21-15-9-10-17(16(11-15)22-19(24)26-4-2)27-12-13-5-7-14(20)8-6-13/h5-11H,3-4,12H2,1-2H3,(H,21,23)(H,22,24). The molecule has 8 heteroatoms. The Bertz CT molecular complexity index is 780. The van der Waals surface area contributed by atoms with E-state index in [9.17, 15) is 9.59 Å². The van der Waals surface area contributed by atoms with Gasteiger partial charge in [0.15, 0.2) is 0 Å². The van der Waals surface area contributed by atoms with Crippen molar-refractivity contribution in [1.82, 2.24) is 0 Å². The predicted molar refractivity (Wildman–Crippen MR) is 104 cm³/mol. The summed E-state index contributed by atoms with van der Waals surface area (Å²) in [5.74, 6) is 0.424. The maximum absolute atomic E-state index is 11.8. The Labute approximate surface area is 162 Å². The lowest BCUT2D eigenvalue weighted by molar-refractivity contribution is 0.167. The van der Waals surface area contributed by atoms with Crippen molar-refractivity contribution in [2.24, 2.45) is 0 Å². The van der Waals surface area contributed by atoms with Crippen molar-refractivity contribution in [2.75, 3.05) is 23.8 Å². The van der Waals surface area contributed by atoms with Crippen LogP contribution in [-0.4, -0.2) is 25.4 Å². The van der Waals surface area contributed by atoms with Crippen LogP contribution in [0, 0.1) is 0 Å². The predicted octanol–water partition coefficient (Wildman–Crippen LogP) is 5.06. The normalized spacial score (nSPS) is 10.0. The monoisotopic (exact) mass is 392 g/mol. The minimum Gasteiger partial charge on any atom is -0.487 e. The van der Waals surface area contributed by atoms with Crippen molar-refractivity contribution in [2.45, 2.75) is 20.5 Å². The van der Waals surface area contributed by atoms with Gasteiger partial charge in [0.25, 0.3) is 0 Å². The average molecular weight is 393 g/mol. The smallest absolute Gasteiger partial charge is 0.411 e. The second kappa shape index (κ2) is 10.3. The summed E-state index contributed by atoms with van der Waals surface area (Å²) in [6.45, 7) is 4.17. The lowest BCUT2D eigenvalue weighted by atomic mass is 10.2. The molecule has 27 heavy (non-hydrogen) atoms. The van der Waals surface area contributed by atoms with E-state index in [1.165, 1.54) is 0 Å². The number of nitrogens with one attached hydrogen (secondary N) is 2. The molecule has 0 unspecified atom stereocenters. The zero-order chi connectivity index (χ0) is 19.6. The van der Waals surface area contributed by atoms with E-state index in [1.54, 1.807) is 44.2 Å². The van der Waals surface area contributed by atoms with Gasteiger partial charge in [-0.15, -0.1) is 0 Å². The molecule has 0 saturated carbocycles. The Balaban J connectivity index is 2.15. The molecular weight excluding hydrogens is 372 g/mol. The highest BCUT2D eigenvalue weighted by Gasteiger charge is 2.12. The fourth-order valence-corrected chi connectivity index (χ4v) is 2.26. The molecule has 0 bridgehead atoms. The minimum atomic E-state index is -0.623. The topological polar surface area (TPSA) is 85.9 Å². The summed E-state index contributed by atoms with van der Waals surface area (Å²) in [7, 11) is 0. The van der Waals surface area contributed by atoms with E-state index < -0.39 is 12.2 Å². The zero-order valence-corrected chi connectivity index (χ0v) is 15.8. The number of rotatable bonds is 7. The van der Waals surface area contributed by atoms with E-state index in [4.69, 9.17) is 25.8 Å². The third-order valence-corrected chi connectivity index (χ3v) is 3.57. The first kappa shape index (κ1) is 20.4. The van der Waals surface area contributed by atoms with Gasteiger partial charge in [0.1, 0.15) is 12.4 Å². The Morgan fingerprint density at radius 2 is 1.56 bits per heavy atom. The molecule has 2 amide bonds. The van der Waals surface area contributed by atoms with Crippen molar-refractivity contribution >= 4 is 35.2 Å². The molecule has 0 heterocycles. The van der Waals surface area contributed by atoms with Gasteiger partial charge >= 0.3 is 12.2 Å². The maximum Gasteiger partial charge on any atom is 0.411 e. The Hall–Kier alpha value is -2.93. The van der Waals surface area contributed by atoms with Gasteiger partial charge in [-0.05, 0) is 49.7 Å². The van der Waals surface area contributed by atoms with Gasteiger partial charge in [-0.1, -0.05) is 23.7 Å². The summed E-state index contributed by atoms with van der Waals surface area (Å²) in [5.41, 5.74) is 1.71. The van der Waals surface area contributed by atoms with Gasteiger partial charge in [0.2, 0.25) is 0 Å². The van der Waals surface area contributed by atoms with E-state index >= 15 is 0 Å². The number of carbonyl (C=O) groups is 2. The quantitative estimate of drug-likeness (QED) is 0.688. The summed E-state index contributed by atoms with van der Waals surface area (Å²) in [6.07, 6.45) is -1.21. The van der Waals surface area contributed by atoms with Gasteiger partial charge in [0.05, 0.1) is 18.9 Å². The average Bonchev–Trinajstić information content (AvgIpc) is 2.63. The number of ether oxygens (including phenoxy) is 3. The van der Waals surface area contributed by atoms with Gasteiger partial charge in [0, 0.05) is 10.7 Å². The first-order chi connectivity index (χ1) is 13.0. The summed E-state index contributed by atoms with van der Waals surface area (Å²) in [6, 6.07) is 12.1. The van der Waals surface area contributed by atoms with Gasteiger partial charge in [-0.25, -0.2) is 9.59 Å². The van der Waals surface area contributed by atoms with E-state index in [0.29, 0.717) is 22.1 Å². The maximum atomic E-state index is 11.8. The van der Waals surface area contributed by atoms with Crippen LogP contribution in [0.4, 0.5) is 21.0 Å². The number of hydrogen-bond donors (Lipinski definition) is 2. The number of anilines is 2. The van der Waals surface area contributed by atoms with Gasteiger partial charge < -0.3 is 14.2 Å². The molecule has 0 aliphatic carbocycles. The van der Waals surface area contributed by atoms with Crippen LogP contribution in [0.3, 0.4) is 0 Å². The molecule has 144 valence electrons. The molecule has 7 nitrogen and oxygen atoms in total. The van der Waals surface area contributed by atoms with Crippen molar-refractivity contribution in [3.63, 3.8) is 0 Å². The molecule has 2 N–H and O–H groups in total. The van der Waals surface area contributed by atoms with E-state index in [2.05, 4.69) is 10.6 Å². The molecular formula is C19H21ClN2O5. The molecule has 0 radical (unpaired) electrons. The largest absolute Gasteiger partial charge is 0.487 e. The van der Waals surface area contributed by atoms with E-state index in [0.717, 1.165) is 5.56 Å². The van der Waals surface area contributed by atoms with Crippen LogP contribution in [0.1, 0.15) is 19.4 Å². The highest BCUT2D eigenvalue weighted by atomic mass is 35.5. The number of amides is 2. The molecule has 0 spiro atoms. The summed E-state index contributed by atoms with van der Waals surface area (Å²) >= 11 is 5.88. The van der Waals surface area contributed by atoms with Crippen LogP contribution >= 0.6 is 11.6 Å². The fourth-order valence-electron chi connectivity index (χ4n) is 2.14. The lowest BCUT2D eigenvalue weighted by Gasteiger charge is -2.14. The first-order valence-corrected chi connectivity index (χ1v) is 8.78. The van der Waals surface area contributed by atoms with Crippen LogP contribution in [0.5, 0.6) is 5.75 Å². The molecule has 0 aliphatic heterocycles. The van der Waals surface area contributed by atoms with Gasteiger partial charge in [-0.3, -0.25) is 10.6 Å². The molecule has 0 atom stereocenters. The second-order valence-electron chi connectivity index (χ2n) is 5.32. The first-order valence-electron chi connectivity index (χ1n) is 8.40. The summed E-state index contributed by atoms with van der Waals surface area (Å²) < 4.78 is 15.5. The Kier molecular flexibility index (Phi) is 7.76. The third kappa shape index (κ3) is 6.71. The lowest BCUT2D eigenvalue weighted by Crippen LogP contribution is -2.16. The van der Waals surface area contributed by atoms with Crippen molar-refractivity contribution in [3.05, 3.63) is 53.1 Å². The van der Waals surface area contributed by atoms with Crippen LogP contribution in [0.2, 0.25) is 5.02 Å². The van der Waals surface area contributed by atoms with Crippen molar-refractivity contribution < 1.29 is 23.8 Å². The molecule has 2 aromatic carbocycles. The van der Waals surface area contributed by atoms with Crippen LogP contribution in [-0.2, 0) is 16.1 Å².